The van der Waals surface area contributed by atoms with Gasteiger partial charge in [0.2, 0.25) is 0 Å². The van der Waals surface area contributed by atoms with Crippen molar-refractivity contribution in [1.29, 1.82) is 5.26 Å². The van der Waals surface area contributed by atoms with Crippen molar-refractivity contribution >= 4 is 22.5 Å². The lowest BCUT2D eigenvalue weighted by Crippen LogP contribution is -1.88. The minimum atomic E-state index is 0.417. The fourth-order valence-electron chi connectivity index (χ4n) is 1.32. The number of hydrogen-bond acceptors (Lipinski definition) is 2. The van der Waals surface area contributed by atoms with E-state index in [4.69, 9.17) is 16.9 Å². The molecule has 0 N–H and O–H groups in total. The number of nitriles is 1. The van der Waals surface area contributed by atoms with Gasteiger partial charge in [-0.05, 0) is 18.2 Å². The van der Waals surface area contributed by atoms with E-state index >= 15 is 0 Å². The lowest BCUT2D eigenvalue weighted by molar-refractivity contribution is 0.791. The molecule has 3 nitrogen and oxygen atoms in total. The molecule has 0 aliphatic heterocycles. The Balaban J connectivity index is 2.91. The third-order valence-corrected chi connectivity index (χ3v) is 2.15. The SMILES string of the molecule is Cn1nc(C#N)c2cc(Cl)ccc21. The minimum Gasteiger partial charge on any atom is -0.267 e. The summed E-state index contributed by atoms with van der Waals surface area (Å²) in [4.78, 5) is 0. The van der Waals surface area contributed by atoms with Crippen LogP contribution < -0.4 is 0 Å². The van der Waals surface area contributed by atoms with E-state index in [1.165, 1.54) is 0 Å². The second-order valence-corrected chi connectivity index (χ2v) is 3.18. The van der Waals surface area contributed by atoms with Crippen LogP contribution in [0.4, 0.5) is 0 Å². The molecular formula is C9H6ClN3. The van der Waals surface area contributed by atoms with Crippen LogP contribution in [-0.4, -0.2) is 9.78 Å². The van der Waals surface area contributed by atoms with Crippen LogP contribution in [0.5, 0.6) is 0 Å². The normalized spacial score (nSPS) is 10.2. The lowest BCUT2D eigenvalue weighted by atomic mass is 10.2. The highest BCUT2D eigenvalue weighted by Gasteiger charge is 2.07. The highest BCUT2D eigenvalue weighted by atomic mass is 35.5. The molecule has 0 radical (unpaired) electrons. The van der Waals surface area contributed by atoms with E-state index in [0.717, 1.165) is 10.9 Å². The number of aromatic nitrogens is 2. The third kappa shape index (κ3) is 1.16. The van der Waals surface area contributed by atoms with Gasteiger partial charge < -0.3 is 0 Å². The van der Waals surface area contributed by atoms with Gasteiger partial charge in [0.1, 0.15) is 6.07 Å². The molecule has 0 bridgehead atoms. The van der Waals surface area contributed by atoms with Gasteiger partial charge in [0.05, 0.1) is 5.52 Å². The van der Waals surface area contributed by atoms with Gasteiger partial charge in [-0.1, -0.05) is 11.6 Å². The first-order valence-corrected chi connectivity index (χ1v) is 4.12. The van der Waals surface area contributed by atoms with Crippen molar-refractivity contribution in [2.24, 2.45) is 7.05 Å². The Kier molecular flexibility index (Phi) is 1.71. The second kappa shape index (κ2) is 2.75. The highest BCUT2D eigenvalue weighted by molar-refractivity contribution is 6.31. The van der Waals surface area contributed by atoms with Crippen LogP contribution in [0.15, 0.2) is 18.2 Å². The van der Waals surface area contributed by atoms with Crippen molar-refractivity contribution in [3.05, 3.63) is 28.9 Å². The Morgan fingerprint density at radius 1 is 1.54 bits per heavy atom. The molecule has 64 valence electrons. The van der Waals surface area contributed by atoms with Crippen LogP contribution in [0.2, 0.25) is 5.02 Å². The molecule has 13 heavy (non-hydrogen) atoms. The van der Waals surface area contributed by atoms with Crippen LogP contribution in [-0.2, 0) is 7.05 Å². The predicted molar refractivity (Wildman–Crippen MR) is 50.4 cm³/mol. The minimum absolute atomic E-state index is 0.417. The van der Waals surface area contributed by atoms with E-state index in [-0.39, 0.29) is 0 Å². The fourth-order valence-corrected chi connectivity index (χ4v) is 1.49. The van der Waals surface area contributed by atoms with Crippen molar-refractivity contribution in [3.63, 3.8) is 0 Å². The molecule has 4 heteroatoms. The zero-order valence-corrected chi connectivity index (χ0v) is 7.71. The Hall–Kier alpha value is -1.53. The largest absolute Gasteiger partial charge is 0.267 e. The summed E-state index contributed by atoms with van der Waals surface area (Å²) in [5.74, 6) is 0. The monoisotopic (exact) mass is 191 g/mol. The van der Waals surface area contributed by atoms with Crippen LogP contribution in [0.1, 0.15) is 5.69 Å². The standard InChI is InChI=1S/C9H6ClN3/c1-13-9-3-2-6(10)4-7(9)8(5-11)12-13/h2-4H,1H3. The van der Waals surface area contributed by atoms with Gasteiger partial charge in [0, 0.05) is 17.5 Å². The van der Waals surface area contributed by atoms with Gasteiger partial charge in [0.15, 0.2) is 5.69 Å². The average molecular weight is 192 g/mol. The van der Waals surface area contributed by atoms with Gasteiger partial charge in [-0.3, -0.25) is 4.68 Å². The quantitative estimate of drug-likeness (QED) is 0.640. The molecule has 1 heterocycles. The Morgan fingerprint density at radius 3 is 3.00 bits per heavy atom. The maximum absolute atomic E-state index is 8.77. The molecule has 0 amide bonds. The van der Waals surface area contributed by atoms with Crippen molar-refractivity contribution in [2.75, 3.05) is 0 Å². The summed E-state index contributed by atoms with van der Waals surface area (Å²) in [7, 11) is 1.80. The van der Waals surface area contributed by atoms with Gasteiger partial charge in [-0.25, -0.2) is 0 Å². The molecule has 0 saturated carbocycles. The summed E-state index contributed by atoms with van der Waals surface area (Å²) in [6.45, 7) is 0. The van der Waals surface area contributed by atoms with E-state index in [1.54, 1.807) is 23.9 Å². The first-order valence-electron chi connectivity index (χ1n) is 3.75. The molecule has 1 aromatic carbocycles. The number of nitrogens with zero attached hydrogens (tertiary/aromatic N) is 3. The van der Waals surface area contributed by atoms with Crippen LogP contribution in [0.3, 0.4) is 0 Å². The van der Waals surface area contributed by atoms with Crippen LogP contribution in [0.25, 0.3) is 10.9 Å². The van der Waals surface area contributed by atoms with Crippen molar-refractivity contribution in [3.8, 4) is 6.07 Å². The van der Waals surface area contributed by atoms with Crippen LogP contribution >= 0.6 is 11.6 Å². The van der Waals surface area contributed by atoms with Crippen molar-refractivity contribution in [2.45, 2.75) is 0 Å². The van der Waals surface area contributed by atoms with E-state index in [1.807, 2.05) is 12.1 Å². The molecule has 2 rings (SSSR count). The zero-order valence-electron chi connectivity index (χ0n) is 6.95. The third-order valence-electron chi connectivity index (χ3n) is 1.92. The van der Waals surface area contributed by atoms with E-state index in [2.05, 4.69) is 5.10 Å². The van der Waals surface area contributed by atoms with Gasteiger partial charge in [0.25, 0.3) is 0 Å². The number of hydrogen-bond donors (Lipinski definition) is 0. The summed E-state index contributed by atoms with van der Waals surface area (Å²) in [5, 5.41) is 14.2. The topological polar surface area (TPSA) is 41.6 Å². The first-order chi connectivity index (χ1) is 6.22. The molecule has 1 aromatic heterocycles. The van der Waals surface area contributed by atoms with E-state index < -0.39 is 0 Å². The molecule has 0 unspecified atom stereocenters. The summed E-state index contributed by atoms with van der Waals surface area (Å²) in [6, 6.07) is 7.42. The fraction of sp³-hybridized carbons (Fsp3) is 0.111. The summed E-state index contributed by atoms with van der Waals surface area (Å²) in [6.07, 6.45) is 0. The van der Waals surface area contributed by atoms with Gasteiger partial charge >= 0.3 is 0 Å². The van der Waals surface area contributed by atoms with Gasteiger partial charge in [-0.15, -0.1) is 0 Å². The average Bonchev–Trinajstić information content (AvgIpc) is 2.42. The maximum atomic E-state index is 8.77. The number of benzene rings is 1. The predicted octanol–water partition coefficient (Wildman–Crippen LogP) is 2.10. The highest BCUT2D eigenvalue weighted by Crippen LogP contribution is 2.21. The Morgan fingerprint density at radius 2 is 2.31 bits per heavy atom. The van der Waals surface area contributed by atoms with Crippen molar-refractivity contribution < 1.29 is 0 Å². The molecule has 0 saturated heterocycles. The Labute approximate surface area is 80.1 Å². The zero-order chi connectivity index (χ0) is 9.42. The summed E-state index contributed by atoms with van der Waals surface area (Å²) >= 11 is 5.81. The molecule has 2 aromatic rings. The van der Waals surface area contributed by atoms with E-state index in [0.29, 0.717) is 10.7 Å². The number of fused-ring (bicyclic) bond motifs is 1. The van der Waals surface area contributed by atoms with Crippen LogP contribution in [0, 0.1) is 11.3 Å². The molecule has 0 aliphatic rings. The van der Waals surface area contributed by atoms with Crippen molar-refractivity contribution in [1.82, 2.24) is 9.78 Å². The number of aryl methyl sites for hydroxylation is 1. The lowest BCUT2D eigenvalue weighted by Gasteiger charge is -1.92. The molecule has 0 spiro atoms. The smallest absolute Gasteiger partial charge is 0.170 e. The maximum Gasteiger partial charge on any atom is 0.170 e. The molecule has 0 atom stereocenters. The second-order valence-electron chi connectivity index (χ2n) is 2.75. The summed E-state index contributed by atoms with van der Waals surface area (Å²) < 4.78 is 1.67. The summed E-state index contributed by atoms with van der Waals surface area (Å²) in [5.41, 5.74) is 1.33. The molecular weight excluding hydrogens is 186 g/mol. The number of halogens is 1. The van der Waals surface area contributed by atoms with Gasteiger partial charge in [-0.2, -0.15) is 10.4 Å². The van der Waals surface area contributed by atoms with E-state index in [9.17, 15) is 0 Å². The molecule has 0 aliphatic carbocycles. The first kappa shape index (κ1) is 8.09. The molecule has 0 fully saturated rings. The number of rotatable bonds is 0. The Bertz CT molecular complexity index is 507.